The lowest BCUT2D eigenvalue weighted by Crippen LogP contribution is -2.44. The molecular weight excluding hydrogens is 194 g/mol. The minimum Gasteiger partial charge on any atom is -0.321 e. The van der Waals surface area contributed by atoms with Crippen molar-refractivity contribution in [3.8, 4) is 0 Å². The van der Waals surface area contributed by atoms with Gasteiger partial charge in [0.05, 0.1) is 0 Å². The Kier molecular flexibility index (Phi) is 2.32. The molecule has 0 atom stereocenters. The van der Waals surface area contributed by atoms with Gasteiger partial charge in [0.25, 0.3) is 0 Å². The van der Waals surface area contributed by atoms with Crippen molar-refractivity contribution in [3.63, 3.8) is 0 Å². The van der Waals surface area contributed by atoms with Gasteiger partial charge < -0.3 is 5.73 Å². The van der Waals surface area contributed by atoms with E-state index in [0.29, 0.717) is 0 Å². The van der Waals surface area contributed by atoms with Crippen LogP contribution in [0.5, 0.6) is 0 Å². The molecule has 0 radical (unpaired) electrons. The average Bonchev–Trinajstić information content (AvgIpc) is 2.09. The first kappa shape index (κ1) is 10.0. The number of benzene rings is 1. The maximum absolute atomic E-state index is 6.34. The van der Waals surface area contributed by atoms with Crippen molar-refractivity contribution in [2.24, 2.45) is 5.73 Å². The molecule has 1 saturated carbocycles. The Balaban J connectivity index is 2.56. The molecule has 1 fully saturated rings. The van der Waals surface area contributed by atoms with Crippen LogP contribution in [0.15, 0.2) is 12.1 Å². The van der Waals surface area contributed by atoms with E-state index >= 15 is 0 Å². The van der Waals surface area contributed by atoms with E-state index < -0.39 is 0 Å². The largest absolute Gasteiger partial charge is 0.321 e. The normalized spacial score (nSPS) is 19.1. The third-order valence-corrected chi connectivity index (χ3v) is 3.76. The Bertz CT molecular complexity index is 367. The van der Waals surface area contributed by atoms with E-state index in [9.17, 15) is 0 Å². The number of hydrogen-bond acceptors (Lipinski definition) is 1. The van der Waals surface area contributed by atoms with E-state index in [1.807, 2.05) is 6.07 Å². The molecule has 1 aliphatic rings. The Morgan fingerprint density at radius 1 is 1.29 bits per heavy atom. The Hall–Kier alpha value is -0.530. The van der Waals surface area contributed by atoms with Crippen LogP contribution < -0.4 is 5.73 Å². The quantitative estimate of drug-likeness (QED) is 0.755. The molecule has 14 heavy (non-hydrogen) atoms. The summed E-state index contributed by atoms with van der Waals surface area (Å²) >= 11 is 6.12. The van der Waals surface area contributed by atoms with E-state index in [1.54, 1.807) is 0 Å². The molecule has 0 bridgehead atoms. The van der Waals surface area contributed by atoms with Gasteiger partial charge >= 0.3 is 0 Å². The topological polar surface area (TPSA) is 26.0 Å². The number of aryl methyl sites for hydroxylation is 1. The van der Waals surface area contributed by atoms with Gasteiger partial charge in [0.15, 0.2) is 0 Å². The molecule has 1 aromatic rings. The third-order valence-electron chi connectivity index (χ3n) is 3.35. The second-order valence-electron chi connectivity index (χ2n) is 4.37. The van der Waals surface area contributed by atoms with Gasteiger partial charge in [0.2, 0.25) is 0 Å². The predicted molar refractivity (Wildman–Crippen MR) is 60.6 cm³/mol. The first-order valence-corrected chi connectivity index (χ1v) is 5.47. The summed E-state index contributed by atoms with van der Waals surface area (Å²) in [5.74, 6) is 0. The molecule has 0 saturated heterocycles. The van der Waals surface area contributed by atoms with Crippen LogP contribution in [-0.4, -0.2) is 0 Å². The molecule has 0 amide bonds. The highest BCUT2D eigenvalue weighted by molar-refractivity contribution is 6.31. The highest BCUT2D eigenvalue weighted by Gasteiger charge is 2.36. The highest BCUT2D eigenvalue weighted by Crippen LogP contribution is 2.42. The fourth-order valence-electron chi connectivity index (χ4n) is 2.40. The highest BCUT2D eigenvalue weighted by atomic mass is 35.5. The zero-order chi connectivity index (χ0) is 10.3. The summed E-state index contributed by atoms with van der Waals surface area (Å²) < 4.78 is 0. The summed E-state index contributed by atoms with van der Waals surface area (Å²) in [5, 5.41) is 0.835. The lowest BCUT2D eigenvalue weighted by atomic mass is 9.70. The van der Waals surface area contributed by atoms with Crippen molar-refractivity contribution >= 4 is 11.6 Å². The molecule has 1 aliphatic carbocycles. The second-order valence-corrected chi connectivity index (χ2v) is 4.78. The molecule has 0 heterocycles. The Morgan fingerprint density at radius 2 is 1.93 bits per heavy atom. The molecule has 2 N–H and O–H groups in total. The van der Waals surface area contributed by atoms with Crippen molar-refractivity contribution < 1.29 is 0 Å². The summed E-state index contributed by atoms with van der Waals surface area (Å²) in [6.07, 6.45) is 3.42. The summed E-state index contributed by atoms with van der Waals surface area (Å²) in [5.41, 5.74) is 9.95. The van der Waals surface area contributed by atoms with Crippen molar-refractivity contribution in [1.82, 2.24) is 0 Å². The van der Waals surface area contributed by atoms with Crippen molar-refractivity contribution in [2.75, 3.05) is 0 Å². The van der Waals surface area contributed by atoms with E-state index in [2.05, 4.69) is 19.9 Å². The van der Waals surface area contributed by atoms with Crippen molar-refractivity contribution in [2.45, 2.75) is 38.6 Å². The standard InChI is InChI=1S/C12H16ClN/c1-8-4-5-10(13)9(2)11(8)12(14)6-3-7-12/h4-5H,3,6-7,14H2,1-2H3. The van der Waals surface area contributed by atoms with Crippen LogP contribution in [0.2, 0.25) is 5.02 Å². The van der Waals surface area contributed by atoms with Crippen LogP contribution in [0.3, 0.4) is 0 Å². The van der Waals surface area contributed by atoms with Crippen LogP contribution in [0.1, 0.15) is 36.0 Å². The minimum atomic E-state index is -0.0981. The molecule has 0 unspecified atom stereocenters. The minimum absolute atomic E-state index is 0.0981. The Labute approximate surface area is 90.3 Å². The van der Waals surface area contributed by atoms with Gasteiger partial charge in [-0.1, -0.05) is 17.7 Å². The van der Waals surface area contributed by atoms with Gasteiger partial charge in [-0.2, -0.15) is 0 Å². The molecule has 0 spiro atoms. The summed E-state index contributed by atoms with van der Waals surface area (Å²) in [7, 11) is 0. The fourth-order valence-corrected chi connectivity index (χ4v) is 2.55. The molecular formula is C12H16ClN. The van der Waals surface area contributed by atoms with Gasteiger partial charge in [-0.05, 0) is 55.9 Å². The number of nitrogens with two attached hydrogens (primary N) is 1. The summed E-state index contributed by atoms with van der Waals surface area (Å²) in [6.45, 7) is 4.18. The summed E-state index contributed by atoms with van der Waals surface area (Å²) in [6, 6.07) is 4.02. The zero-order valence-corrected chi connectivity index (χ0v) is 9.49. The molecule has 76 valence electrons. The molecule has 0 aromatic heterocycles. The summed E-state index contributed by atoms with van der Waals surface area (Å²) in [4.78, 5) is 0. The molecule has 2 heteroatoms. The molecule has 2 rings (SSSR count). The zero-order valence-electron chi connectivity index (χ0n) is 8.73. The van der Waals surface area contributed by atoms with E-state index in [-0.39, 0.29) is 5.54 Å². The smallest absolute Gasteiger partial charge is 0.0438 e. The maximum Gasteiger partial charge on any atom is 0.0438 e. The van der Waals surface area contributed by atoms with Crippen LogP contribution in [0.4, 0.5) is 0 Å². The number of halogens is 1. The van der Waals surface area contributed by atoms with Gasteiger partial charge in [0, 0.05) is 10.6 Å². The van der Waals surface area contributed by atoms with Gasteiger partial charge in [-0.15, -0.1) is 0 Å². The van der Waals surface area contributed by atoms with Crippen LogP contribution >= 0.6 is 11.6 Å². The van der Waals surface area contributed by atoms with Gasteiger partial charge in [0.1, 0.15) is 0 Å². The first-order chi connectivity index (χ1) is 6.54. The Morgan fingerprint density at radius 3 is 2.43 bits per heavy atom. The van der Waals surface area contributed by atoms with Crippen LogP contribution in [0, 0.1) is 13.8 Å². The lowest BCUT2D eigenvalue weighted by Gasteiger charge is -2.41. The fraction of sp³-hybridized carbons (Fsp3) is 0.500. The average molecular weight is 210 g/mol. The lowest BCUT2D eigenvalue weighted by molar-refractivity contribution is 0.251. The predicted octanol–water partition coefficient (Wildman–Crippen LogP) is 3.29. The van der Waals surface area contributed by atoms with E-state index in [0.717, 1.165) is 23.4 Å². The third kappa shape index (κ3) is 1.35. The van der Waals surface area contributed by atoms with Gasteiger partial charge in [-0.25, -0.2) is 0 Å². The van der Waals surface area contributed by atoms with Crippen molar-refractivity contribution in [3.05, 3.63) is 33.8 Å². The first-order valence-electron chi connectivity index (χ1n) is 5.10. The monoisotopic (exact) mass is 209 g/mol. The van der Waals surface area contributed by atoms with Crippen LogP contribution in [-0.2, 0) is 5.54 Å². The molecule has 1 aromatic carbocycles. The van der Waals surface area contributed by atoms with Crippen LogP contribution in [0.25, 0.3) is 0 Å². The van der Waals surface area contributed by atoms with E-state index in [4.69, 9.17) is 17.3 Å². The number of hydrogen-bond donors (Lipinski definition) is 1. The SMILES string of the molecule is Cc1ccc(Cl)c(C)c1C1(N)CCC1. The maximum atomic E-state index is 6.34. The second kappa shape index (κ2) is 3.25. The van der Waals surface area contributed by atoms with Gasteiger partial charge in [-0.3, -0.25) is 0 Å². The number of rotatable bonds is 1. The molecule has 1 nitrogen and oxygen atoms in total. The van der Waals surface area contributed by atoms with Crippen molar-refractivity contribution in [1.29, 1.82) is 0 Å². The molecule has 0 aliphatic heterocycles. The van der Waals surface area contributed by atoms with E-state index in [1.165, 1.54) is 17.5 Å².